The van der Waals surface area contributed by atoms with E-state index in [1.807, 2.05) is 6.07 Å². The number of benzene rings is 2. The monoisotopic (exact) mass is 378 g/mol. The summed E-state index contributed by atoms with van der Waals surface area (Å²) in [5.74, 6) is -0.987. The van der Waals surface area contributed by atoms with Crippen LogP contribution in [0.2, 0.25) is 0 Å². The molecule has 2 rings (SSSR count). The van der Waals surface area contributed by atoms with E-state index in [1.54, 1.807) is 36.4 Å². The van der Waals surface area contributed by atoms with E-state index in [0.717, 1.165) is 4.47 Å². The summed E-state index contributed by atoms with van der Waals surface area (Å²) in [4.78, 5) is 25.3. The van der Waals surface area contributed by atoms with Crippen LogP contribution in [-0.2, 0) is 16.1 Å². The molecule has 4 nitrogen and oxygen atoms in total. The van der Waals surface area contributed by atoms with E-state index in [-0.39, 0.29) is 30.7 Å². The predicted octanol–water partition coefficient (Wildman–Crippen LogP) is 3.26. The molecular formula is C17H16BrFN2O2. The molecular weight excluding hydrogens is 363 g/mol. The van der Waals surface area contributed by atoms with Crippen LogP contribution in [0.5, 0.6) is 0 Å². The number of nitrogens with zero attached hydrogens (tertiary/aromatic N) is 1. The Kier molecular flexibility index (Phi) is 5.87. The Hall–Kier alpha value is -2.21. The van der Waals surface area contributed by atoms with Crippen molar-refractivity contribution in [3.8, 4) is 0 Å². The molecule has 0 unspecified atom stereocenters. The van der Waals surface area contributed by atoms with Crippen LogP contribution in [0, 0.1) is 5.82 Å². The number of carbonyl (C=O) groups excluding carboxylic acids is 2. The molecule has 0 saturated heterocycles. The maximum absolute atomic E-state index is 13.5. The van der Waals surface area contributed by atoms with E-state index in [1.165, 1.54) is 17.9 Å². The van der Waals surface area contributed by atoms with Gasteiger partial charge in [0.15, 0.2) is 0 Å². The van der Waals surface area contributed by atoms with Crippen molar-refractivity contribution in [2.75, 3.05) is 11.4 Å². The van der Waals surface area contributed by atoms with Crippen LogP contribution in [0.3, 0.4) is 0 Å². The van der Waals surface area contributed by atoms with Crippen LogP contribution in [-0.4, -0.2) is 18.4 Å². The van der Waals surface area contributed by atoms with E-state index in [0.29, 0.717) is 11.3 Å². The molecule has 1 N–H and O–H groups in total. The van der Waals surface area contributed by atoms with Gasteiger partial charge in [-0.1, -0.05) is 30.3 Å². The lowest BCUT2D eigenvalue weighted by Gasteiger charge is -2.22. The molecule has 2 aromatic carbocycles. The van der Waals surface area contributed by atoms with Crippen molar-refractivity contribution >= 4 is 33.4 Å². The van der Waals surface area contributed by atoms with Gasteiger partial charge in [-0.2, -0.15) is 0 Å². The van der Waals surface area contributed by atoms with Crippen LogP contribution >= 0.6 is 15.9 Å². The van der Waals surface area contributed by atoms with E-state index in [9.17, 15) is 14.0 Å². The SMILES string of the molecule is CC(=O)N(CC(=O)NCc1ccccc1F)c1ccccc1Br. The average molecular weight is 379 g/mol. The molecule has 0 atom stereocenters. The first-order chi connectivity index (χ1) is 11.0. The van der Waals surface area contributed by atoms with Gasteiger partial charge >= 0.3 is 0 Å². The van der Waals surface area contributed by atoms with Crippen LogP contribution in [0.1, 0.15) is 12.5 Å². The van der Waals surface area contributed by atoms with Crippen LogP contribution in [0.25, 0.3) is 0 Å². The maximum Gasteiger partial charge on any atom is 0.240 e. The lowest BCUT2D eigenvalue weighted by molar-refractivity contribution is -0.123. The molecule has 23 heavy (non-hydrogen) atoms. The second kappa shape index (κ2) is 7.87. The van der Waals surface area contributed by atoms with Gasteiger partial charge in [-0.25, -0.2) is 4.39 Å². The third-order valence-electron chi connectivity index (χ3n) is 3.26. The van der Waals surface area contributed by atoms with E-state index >= 15 is 0 Å². The molecule has 2 amide bonds. The molecule has 0 aliphatic rings. The molecule has 6 heteroatoms. The molecule has 2 aromatic rings. The highest BCUT2D eigenvalue weighted by Gasteiger charge is 2.17. The Balaban J connectivity index is 2.03. The normalized spacial score (nSPS) is 10.2. The quantitative estimate of drug-likeness (QED) is 0.867. The van der Waals surface area contributed by atoms with Crippen molar-refractivity contribution < 1.29 is 14.0 Å². The Morgan fingerprint density at radius 1 is 1.13 bits per heavy atom. The van der Waals surface area contributed by atoms with Crippen molar-refractivity contribution in [3.63, 3.8) is 0 Å². The zero-order chi connectivity index (χ0) is 16.8. The molecule has 0 aliphatic carbocycles. The number of amides is 2. The lowest BCUT2D eigenvalue weighted by Crippen LogP contribution is -2.39. The minimum Gasteiger partial charge on any atom is -0.350 e. The fraction of sp³-hybridized carbons (Fsp3) is 0.176. The first kappa shape index (κ1) is 17.1. The third-order valence-corrected chi connectivity index (χ3v) is 3.93. The van der Waals surface area contributed by atoms with Crippen molar-refractivity contribution in [1.82, 2.24) is 5.32 Å². The Morgan fingerprint density at radius 2 is 1.78 bits per heavy atom. The number of rotatable bonds is 5. The van der Waals surface area contributed by atoms with E-state index in [2.05, 4.69) is 21.2 Å². The first-order valence-corrected chi connectivity index (χ1v) is 7.81. The standard InChI is InChI=1S/C17H16BrFN2O2/c1-12(22)21(16-9-5-3-7-14(16)18)11-17(23)20-10-13-6-2-4-8-15(13)19/h2-9H,10-11H2,1H3,(H,20,23). The fourth-order valence-electron chi connectivity index (χ4n) is 2.07. The van der Waals surface area contributed by atoms with Gasteiger partial charge in [0.2, 0.25) is 11.8 Å². The third kappa shape index (κ3) is 4.63. The van der Waals surface area contributed by atoms with Gasteiger partial charge in [0.25, 0.3) is 0 Å². The molecule has 0 bridgehead atoms. The van der Waals surface area contributed by atoms with Gasteiger partial charge in [-0.3, -0.25) is 9.59 Å². The van der Waals surface area contributed by atoms with Gasteiger partial charge in [0.1, 0.15) is 12.4 Å². The van der Waals surface area contributed by atoms with Crippen molar-refractivity contribution in [1.29, 1.82) is 0 Å². The Labute approximate surface area is 142 Å². The summed E-state index contributed by atoms with van der Waals surface area (Å²) >= 11 is 3.37. The summed E-state index contributed by atoms with van der Waals surface area (Å²) in [6.45, 7) is 1.34. The molecule has 120 valence electrons. The highest BCUT2D eigenvalue weighted by molar-refractivity contribution is 9.10. The van der Waals surface area contributed by atoms with Gasteiger partial charge in [0.05, 0.1) is 5.69 Å². The minimum absolute atomic E-state index is 0.0766. The molecule has 0 saturated carbocycles. The number of para-hydroxylation sites is 1. The van der Waals surface area contributed by atoms with Gasteiger partial charge in [-0.15, -0.1) is 0 Å². The zero-order valence-electron chi connectivity index (χ0n) is 12.6. The van der Waals surface area contributed by atoms with Crippen molar-refractivity contribution in [2.24, 2.45) is 0 Å². The minimum atomic E-state index is -0.373. The lowest BCUT2D eigenvalue weighted by atomic mass is 10.2. The molecule has 0 radical (unpaired) electrons. The topological polar surface area (TPSA) is 49.4 Å². The summed E-state index contributed by atoms with van der Waals surface area (Å²) in [5.41, 5.74) is 1.01. The summed E-state index contributed by atoms with van der Waals surface area (Å²) in [5, 5.41) is 2.63. The second-order valence-electron chi connectivity index (χ2n) is 4.92. The predicted molar refractivity (Wildman–Crippen MR) is 90.4 cm³/mol. The van der Waals surface area contributed by atoms with Crippen LogP contribution in [0.4, 0.5) is 10.1 Å². The summed E-state index contributed by atoms with van der Waals surface area (Å²) in [6, 6.07) is 13.4. The number of hydrogen-bond acceptors (Lipinski definition) is 2. The molecule has 0 spiro atoms. The van der Waals surface area contributed by atoms with E-state index in [4.69, 9.17) is 0 Å². The smallest absolute Gasteiger partial charge is 0.240 e. The van der Waals surface area contributed by atoms with Crippen molar-refractivity contribution in [2.45, 2.75) is 13.5 Å². The summed E-state index contributed by atoms with van der Waals surface area (Å²) < 4.78 is 14.2. The highest BCUT2D eigenvalue weighted by Crippen LogP contribution is 2.25. The maximum atomic E-state index is 13.5. The van der Waals surface area contributed by atoms with Crippen molar-refractivity contribution in [3.05, 3.63) is 64.4 Å². The average Bonchev–Trinajstić information content (AvgIpc) is 2.52. The largest absolute Gasteiger partial charge is 0.350 e. The number of nitrogens with one attached hydrogen (secondary N) is 1. The highest BCUT2D eigenvalue weighted by atomic mass is 79.9. The molecule has 0 aliphatic heterocycles. The summed E-state index contributed by atoms with van der Waals surface area (Å²) in [6.07, 6.45) is 0. The second-order valence-corrected chi connectivity index (χ2v) is 5.78. The fourth-order valence-corrected chi connectivity index (χ4v) is 2.57. The zero-order valence-corrected chi connectivity index (χ0v) is 14.1. The van der Waals surface area contributed by atoms with Gasteiger partial charge < -0.3 is 10.2 Å². The van der Waals surface area contributed by atoms with Crippen LogP contribution in [0.15, 0.2) is 53.0 Å². The van der Waals surface area contributed by atoms with Gasteiger partial charge in [0, 0.05) is 23.5 Å². The first-order valence-electron chi connectivity index (χ1n) is 7.02. The number of halogens is 2. The van der Waals surface area contributed by atoms with Gasteiger partial charge in [-0.05, 0) is 34.1 Å². The Bertz CT molecular complexity index is 721. The summed E-state index contributed by atoms with van der Waals surface area (Å²) in [7, 11) is 0. The van der Waals surface area contributed by atoms with Crippen LogP contribution < -0.4 is 10.2 Å². The number of hydrogen-bond donors (Lipinski definition) is 1. The molecule has 0 aromatic heterocycles. The molecule has 0 heterocycles. The number of carbonyl (C=O) groups is 2. The number of anilines is 1. The Morgan fingerprint density at radius 3 is 2.43 bits per heavy atom. The molecule has 0 fully saturated rings. The van der Waals surface area contributed by atoms with E-state index < -0.39 is 0 Å².